The fraction of sp³-hybridized carbons (Fsp3) is 0.583. The van der Waals surface area contributed by atoms with E-state index in [2.05, 4.69) is 0 Å². The molecule has 2 heterocycles. The number of aromatic nitrogens is 1. The molecule has 0 bridgehead atoms. The van der Waals surface area contributed by atoms with Crippen LogP contribution in [0.25, 0.3) is 0 Å². The monoisotopic (exact) mass is 286 g/mol. The number of nitrogens with zero attached hydrogens (tertiary/aromatic N) is 2. The van der Waals surface area contributed by atoms with Crippen molar-refractivity contribution in [2.24, 2.45) is 13.0 Å². The Morgan fingerprint density at radius 2 is 2.16 bits per heavy atom. The average molecular weight is 286 g/mol. The van der Waals surface area contributed by atoms with Gasteiger partial charge < -0.3 is 9.67 Å². The van der Waals surface area contributed by atoms with Crippen molar-refractivity contribution in [2.45, 2.75) is 24.7 Å². The minimum absolute atomic E-state index is 0.0244. The van der Waals surface area contributed by atoms with E-state index in [0.717, 1.165) is 12.8 Å². The number of carboxylic acid groups (broad SMARTS) is 1. The molecule has 1 aliphatic heterocycles. The first-order chi connectivity index (χ1) is 8.82. The molecule has 1 aromatic rings. The third-order valence-corrected chi connectivity index (χ3v) is 5.29. The maximum Gasteiger partial charge on any atom is 0.352 e. The number of hydrogen-bond donors (Lipinski definition) is 1. The number of aryl methyl sites for hydroxylation is 1. The van der Waals surface area contributed by atoms with Crippen LogP contribution in [0.4, 0.5) is 0 Å². The van der Waals surface area contributed by atoms with Crippen molar-refractivity contribution in [2.75, 3.05) is 13.1 Å². The van der Waals surface area contributed by atoms with E-state index < -0.39 is 16.0 Å². The molecule has 0 aromatic carbocycles. The van der Waals surface area contributed by atoms with Crippen molar-refractivity contribution in [1.82, 2.24) is 8.87 Å². The first kappa shape index (κ1) is 14.1. The van der Waals surface area contributed by atoms with Crippen molar-refractivity contribution in [3.8, 4) is 0 Å². The van der Waals surface area contributed by atoms with Gasteiger partial charge in [0.05, 0.1) is 0 Å². The lowest BCUT2D eigenvalue weighted by molar-refractivity contribution is 0.0686. The molecule has 1 unspecified atom stereocenters. The van der Waals surface area contributed by atoms with E-state index in [-0.39, 0.29) is 10.6 Å². The number of piperidine rings is 1. The van der Waals surface area contributed by atoms with Crippen LogP contribution in [0.5, 0.6) is 0 Å². The highest BCUT2D eigenvalue weighted by Gasteiger charge is 2.30. The Bertz CT molecular complexity index is 591. The molecule has 1 aromatic heterocycles. The molecule has 0 radical (unpaired) electrons. The standard InChI is InChI=1S/C12H18N2O4S/c1-9-4-3-5-14(7-9)19(17,18)10-6-11(12(15)16)13(2)8-10/h6,8-9H,3-5,7H2,1-2H3,(H,15,16). The number of rotatable bonds is 3. The van der Waals surface area contributed by atoms with Crippen molar-refractivity contribution in [3.63, 3.8) is 0 Å². The van der Waals surface area contributed by atoms with Crippen LogP contribution in [-0.4, -0.2) is 41.5 Å². The molecule has 1 N–H and O–H groups in total. The summed E-state index contributed by atoms with van der Waals surface area (Å²) in [5.41, 5.74) is -0.0244. The Labute approximate surface area is 112 Å². The van der Waals surface area contributed by atoms with Gasteiger partial charge in [0, 0.05) is 26.3 Å². The average Bonchev–Trinajstić information content (AvgIpc) is 2.72. The van der Waals surface area contributed by atoms with E-state index in [1.807, 2.05) is 6.92 Å². The third-order valence-electron chi connectivity index (χ3n) is 3.46. The Morgan fingerprint density at radius 1 is 1.47 bits per heavy atom. The molecular weight excluding hydrogens is 268 g/mol. The Kier molecular flexibility index (Phi) is 3.69. The molecule has 1 aliphatic rings. The lowest BCUT2D eigenvalue weighted by Crippen LogP contribution is -2.38. The van der Waals surface area contributed by atoms with Gasteiger partial charge in [-0.25, -0.2) is 13.2 Å². The summed E-state index contributed by atoms with van der Waals surface area (Å²) in [7, 11) is -2.05. The lowest BCUT2D eigenvalue weighted by Gasteiger charge is -2.29. The number of sulfonamides is 1. The second-order valence-corrected chi connectivity index (χ2v) is 7.03. The van der Waals surface area contributed by atoms with Gasteiger partial charge in [0.1, 0.15) is 10.6 Å². The summed E-state index contributed by atoms with van der Waals surface area (Å²) in [6, 6.07) is 1.22. The minimum Gasteiger partial charge on any atom is -0.477 e. The second-order valence-electron chi connectivity index (χ2n) is 5.09. The topological polar surface area (TPSA) is 79.6 Å². The predicted molar refractivity (Wildman–Crippen MR) is 69.5 cm³/mol. The molecule has 0 amide bonds. The second kappa shape index (κ2) is 4.97. The van der Waals surface area contributed by atoms with Crippen LogP contribution in [0.3, 0.4) is 0 Å². The molecule has 19 heavy (non-hydrogen) atoms. The zero-order chi connectivity index (χ0) is 14.2. The van der Waals surface area contributed by atoms with Gasteiger partial charge in [0.15, 0.2) is 0 Å². The van der Waals surface area contributed by atoms with Gasteiger partial charge in [0.25, 0.3) is 0 Å². The van der Waals surface area contributed by atoms with Crippen molar-refractivity contribution < 1.29 is 18.3 Å². The van der Waals surface area contributed by atoms with Crippen LogP contribution < -0.4 is 0 Å². The highest BCUT2D eigenvalue weighted by atomic mass is 32.2. The van der Waals surface area contributed by atoms with Gasteiger partial charge in [-0.3, -0.25) is 0 Å². The third kappa shape index (κ3) is 2.66. The Balaban J connectivity index is 2.34. The van der Waals surface area contributed by atoms with Crippen LogP contribution in [0, 0.1) is 5.92 Å². The molecule has 106 valence electrons. The summed E-state index contributed by atoms with van der Waals surface area (Å²) in [4.78, 5) is 11.0. The molecule has 0 saturated carbocycles. The molecule has 1 atom stereocenters. The number of carboxylic acids is 1. The predicted octanol–water partition coefficient (Wildman–Crippen LogP) is 1.14. The maximum absolute atomic E-state index is 12.4. The lowest BCUT2D eigenvalue weighted by atomic mass is 10.0. The number of carbonyl (C=O) groups is 1. The summed E-state index contributed by atoms with van der Waals surface area (Å²) in [5.74, 6) is -0.790. The highest BCUT2D eigenvalue weighted by molar-refractivity contribution is 7.89. The largest absolute Gasteiger partial charge is 0.477 e. The first-order valence-corrected chi connectivity index (χ1v) is 7.66. The Hall–Kier alpha value is -1.34. The van der Waals surface area contributed by atoms with E-state index in [9.17, 15) is 13.2 Å². The summed E-state index contributed by atoms with van der Waals surface area (Å²) >= 11 is 0. The highest BCUT2D eigenvalue weighted by Crippen LogP contribution is 2.24. The molecule has 1 saturated heterocycles. The summed E-state index contributed by atoms with van der Waals surface area (Å²) in [6.45, 7) is 3.03. The fourth-order valence-corrected chi connectivity index (χ4v) is 4.07. The van der Waals surface area contributed by atoms with Crippen molar-refractivity contribution in [3.05, 3.63) is 18.0 Å². The van der Waals surface area contributed by atoms with Gasteiger partial charge in [-0.15, -0.1) is 0 Å². The molecule has 2 rings (SSSR count). The van der Waals surface area contributed by atoms with Crippen molar-refractivity contribution in [1.29, 1.82) is 0 Å². The van der Waals surface area contributed by atoms with Gasteiger partial charge in [-0.1, -0.05) is 6.92 Å². The first-order valence-electron chi connectivity index (χ1n) is 6.22. The fourth-order valence-electron chi connectivity index (χ4n) is 2.40. The molecule has 0 spiro atoms. The molecule has 1 fully saturated rings. The molecule has 0 aliphatic carbocycles. The van der Waals surface area contributed by atoms with Crippen LogP contribution >= 0.6 is 0 Å². The Morgan fingerprint density at radius 3 is 2.68 bits per heavy atom. The number of aromatic carboxylic acids is 1. The van der Waals surface area contributed by atoms with Gasteiger partial charge in [0.2, 0.25) is 10.0 Å². The molecule has 6 nitrogen and oxygen atoms in total. The summed E-state index contributed by atoms with van der Waals surface area (Å²) in [6.07, 6.45) is 3.23. The molecular formula is C12H18N2O4S. The summed E-state index contributed by atoms with van der Waals surface area (Å²) < 4.78 is 27.6. The molecule has 7 heteroatoms. The maximum atomic E-state index is 12.4. The van der Waals surface area contributed by atoms with E-state index in [1.54, 1.807) is 0 Å². The van der Waals surface area contributed by atoms with Gasteiger partial charge in [-0.05, 0) is 24.8 Å². The van der Waals surface area contributed by atoms with Gasteiger partial charge >= 0.3 is 5.97 Å². The SMILES string of the molecule is CC1CCCN(S(=O)(=O)c2cc(C(=O)O)n(C)c2)C1. The van der Waals surface area contributed by atoms with E-state index >= 15 is 0 Å². The van der Waals surface area contributed by atoms with Crippen LogP contribution in [0.2, 0.25) is 0 Å². The van der Waals surface area contributed by atoms with Crippen LogP contribution in [0.1, 0.15) is 30.3 Å². The zero-order valence-corrected chi connectivity index (χ0v) is 11.9. The quantitative estimate of drug-likeness (QED) is 0.903. The van der Waals surface area contributed by atoms with E-state index in [1.165, 1.54) is 28.2 Å². The van der Waals surface area contributed by atoms with E-state index in [0.29, 0.717) is 19.0 Å². The van der Waals surface area contributed by atoms with E-state index in [4.69, 9.17) is 5.11 Å². The number of hydrogen-bond acceptors (Lipinski definition) is 3. The smallest absolute Gasteiger partial charge is 0.352 e. The zero-order valence-electron chi connectivity index (χ0n) is 11.0. The van der Waals surface area contributed by atoms with Crippen molar-refractivity contribution >= 4 is 16.0 Å². The van der Waals surface area contributed by atoms with Gasteiger partial charge in [-0.2, -0.15) is 4.31 Å². The summed E-state index contributed by atoms with van der Waals surface area (Å²) in [5, 5.41) is 8.97. The normalized spacial score (nSPS) is 21.5. The van der Waals surface area contributed by atoms with Crippen LogP contribution in [0.15, 0.2) is 17.2 Å². The van der Waals surface area contributed by atoms with Crippen LogP contribution in [-0.2, 0) is 17.1 Å². The minimum atomic E-state index is -3.58.